The molecule has 3 nitrogen and oxygen atoms in total. The SMILES string of the molecule is CCNCc1c(Cl)cccc1Sc1nc(C)c(C)c(C)n1. The largest absolute Gasteiger partial charge is 0.313 e. The molecular weight excluding hydrogens is 302 g/mol. The van der Waals surface area contributed by atoms with E-state index in [1.54, 1.807) is 11.8 Å². The molecular formula is C16H20ClN3S. The van der Waals surface area contributed by atoms with Gasteiger partial charge < -0.3 is 5.32 Å². The monoisotopic (exact) mass is 321 g/mol. The lowest BCUT2D eigenvalue weighted by Crippen LogP contribution is -2.13. The van der Waals surface area contributed by atoms with Crippen LogP contribution in [0.25, 0.3) is 0 Å². The lowest BCUT2D eigenvalue weighted by atomic mass is 10.2. The van der Waals surface area contributed by atoms with Gasteiger partial charge >= 0.3 is 0 Å². The van der Waals surface area contributed by atoms with Crippen LogP contribution in [0.3, 0.4) is 0 Å². The van der Waals surface area contributed by atoms with Crippen LogP contribution in [0, 0.1) is 20.8 Å². The zero-order chi connectivity index (χ0) is 15.4. The van der Waals surface area contributed by atoms with Gasteiger partial charge in [-0.15, -0.1) is 0 Å². The predicted molar refractivity (Wildman–Crippen MR) is 89.2 cm³/mol. The Labute approximate surface area is 135 Å². The Morgan fingerprint density at radius 2 is 1.81 bits per heavy atom. The predicted octanol–water partition coefficient (Wildman–Crippen LogP) is 4.32. The van der Waals surface area contributed by atoms with E-state index in [4.69, 9.17) is 11.6 Å². The van der Waals surface area contributed by atoms with E-state index in [1.165, 1.54) is 0 Å². The normalized spacial score (nSPS) is 10.9. The molecule has 0 saturated heterocycles. The summed E-state index contributed by atoms with van der Waals surface area (Å²) < 4.78 is 0. The fourth-order valence-corrected chi connectivity index (χ4v) is 3.25. The van der Waals surface area contributed by atoms with Crippen molar-refractivity contribution in [3.63, 3.8) is 0 Å². The number of benzene rings is 1. The van der Waals surface area contributed by atoms with Crippen molar-refractivity contribution in [2.24, 2.45) is 0 Å². The number of halogens is 1. The van der Waals surface area contributed by atoms with Crippen molar-refractivity contribution in [3.05, 3.63) is 45.7 Å². The number of aromatic nitrogens is 2. The molecule has 0 atom stereocenters. The minimum absolute atomic E-state index is 0.752. The Morgan fingerprint density at radius 3 is 2.43 bits per heavy atom. The standard InChI is InChI=1S/C16H20ClN3S/c1-5-18-9-13-14(17)7-6-8-15(13)21-16-19-11(3)10(2)12(4)20-16/h6-8,18H,5,9H2,1-4H3. The molecule has 0 fully saturated rings. The molecule has 1 N–H and O–H groups in total. The molecule has 0 unspecified atom stereocenters. The van der Waals surface area contributed by atoms with Gasteiger partial charge in [-0.2, -0.15) is 0 Å². The second-order valence-corrected chi connectivity index (χ2v) is 6.32. The van der Waals surface area contributed by atoms with Crippen LogP contribution in [0.5, 0.6) is 0 Å². The van der Waals surface area contributed by atoms with Gasteiger partial charge in [0.15, 0.2) is 5.16 Å². The highest BCUT2D eigenvalue weighted by Crippen LogP contribution is 2.32. The van der Waals surface area contributed by atoms with E-state index < -0.39 is 0 Å². The first-order valence-corrected chi connectivity index (χ1v) is 8.20. The molecule has 0 aliphatic heterocycles. The minimum atomic E-state index is 0.752. The van der Waals surface area contributed by atoms with Gasteiger partial charge in [-0.05, 0) is 62.3 Å². The summed E-state index contributed by atoms with van der Waals surface area (Å²) in [5.74, 6) is 0. The quantitative estimate of drug-likeness (QED) is 0.832. The molecule has 1 heterocycles. The zero-order valence-corrected chi connectivity index (χ0v) is 14.4. The molecule has 21 heavy (non-hydrogen) atoms. The first-order chi connectivity index (χ1) is 10.0. The van der Waals surface area contributed by atoms with Crippen LogP contribution >= 0.6 is 23.4 Å². The van der Waals surface area contributed by atoms with Crippen molar-refractivity contribution in [3.8, 4) is 0 Å². The van der Waals surface area contributed by atoms with E-state index in [0.717, 1.165) is 50.7 Å². The van der Waals surface area contributed by atoms with Crippen molar-refractivity contribution in [1.82, 2.24) is 15.3 Å². The Kier molecular flexibility index (Phi) is 5.62. The first-order valence-electron chi connectivity index (χ1n) is 7.00. The molecule has 0 radical (unpaired) electrons. The number of hydrogen-bond donors (Lipinski definition) is 1. The van der Waals surface area contributed by atoms with Gasteiger partial charge in [-0.3, -0.25) is 0 Å². The molecule has 0 aliphatic carbocycles. The van der Waals surface area contributed by atoms with Crippen LogP contribution in [-0.4, -0.2) is 16.5 Å². The Hall–Kier alpha value is -1.10. The molecule has 5 heteroatoms. The van der Waals surface area contributed by atoms with E-state index in [-0.39, 0.29) is 0 Å². The molecule has 0 aliphatic rings. The van der Waals surface area contributed by atoms with Crippen LogP contribution in [-0.2, 0) is 6.54 Å². The molecule has 1 aromatic carbocycles. The van der Waals surface area contributed by atoms with Crippen molar-refractivity contribution in [2.75, 3.05) is 6.54 Å². The highest BCUT2D eigenvalue weighted by molar-refractivity contribution is 7.99. The lowest BCUT2D eigenvalue weighted by Gasteiger charge is -2.12. The fraction of sp³-hybridized carbons (Fsp3) is 0.375. The van der Waals surface area contributed by atoms with E-state index >= 15 is 0 Å². The summed E-state index contributed by atoms with van der Waals surface area (Å²) in [5.41, 5.74) is 4.31. The maximum absolute atomic E-state index is 6.32. The number of aryl methyl sites for hydroxylation is 2. The third-order valence-electron chi connectivity index (χ3n) is 3.44. The van der Waals surface area contributed by atoms with Crippen molar-refractivity contribution in [2.45, 2.75) is 44.3 Å². The van der Waals surface area contributed by atoms with Crippen LogP contribution in [0.4, 0.5) is 0 Å². The second kappa shape index (κ2) is 7.25. The smallest absolute Gasteiger partial charge is 0.192 e. The Bertz CT molecular complexity index is 620. The first kappa shape index (κ1) is 16.3. The fourth-order valence-electron chi connectivity index (χ4n) is 1.94. The third kappa shape index (κ3) is 3.96. The van der Waals surface area contributed by atoms with Gasteiger partial charge in [0, 0.05) is 27.9 Å². The number of nitrogens with zero attached hydrogens (tertiary/aromatic N) is 2. The summed E-state index contributed by atoms with van der Waals surface area (Å²) >= 11 is 7.89. The number of nitrogens with one attached hydrogen (secondary N) is 1. The lowest BCUT2D eigenvalue weighted by molar-refractivity contribution is 0.718. The Balaban J connectivity index is 2.33. The summed E-state index contributed by atoms with van der Waals surface area (Å²) in [6, 6.07) is 5.95. The highest BCUT2D eigenvalue weighted by Gasteiger charge is 2.11. The summed E-state index contributed by atoms with van der Waals surface area (Å²) in [6.07, 6.45) is 0. The number of hydrogen-bond acceptors (Lipinski definition) is 4. The molecule has 2 aromatic rings. The van der Waals surface area contributed by atoms with E-state index in [9.17, 15) is 0 Å². The van der Waals surface area contributed by atoms with Crippen molar-refractivity contribution >= 4 is 23.4 Å². The van der Waals surface area contributed by atoms with Crippen molar-refractivity contribution < 1.29 is 0 Å². The Morgan fingerprint density at radius 1 is 1.14 bits per heavy atom. The molecule has 0 amide bonds. The second-order valence-electron chi connectivity index (χ2n) is 4.90. The molecule has 2 rings (SSSR count). The zero-order valence-electron chi connectivity index (χ0n) is 12.8. The maximum atomic E-state index is 6.32. The van der Waals surface area contributed by atoms with E-state index in [2.05, 4.69) is 35.2 Å². The maximum Gasteiger partial charge on any atom is 0.192 e. The highest BCUT2D eigenvalue weighted by atomic mass is 35.5. The van der Waals surface area contributed by atoms with E-state index in [1.807, 2.05) is 26.0 Å². The van der Waals surface area contributed by atoms with Crippen LogP contribution < -0.4 is 5.32 Å². The van der Waals surface area contributed by atoms with Gasteiger partial charge in [0.2, 0.25) is 0 Å². The van der Waals surface area contributed by atoms with Gasteiger partial charge in [0.05, 0.1) is 0 Å². The molecule has 0 bridgehead atoms. The van der Waals surface area contributed by atoms with Gasteiger partial charge in [-0.25, -0.2) is 9.97 Å². The van der Waals surface area contributed by atoms with Gasteiger partial charge in [0.1, 0.15) is 0 Å². The van der Waals surface area contributed by atoms with Gasteiger partial charge in [0.25, 0.3) is 0 Å². The summed E-state index contributed by atoms with van der Waals surface area (Å²) in [5, 5.41) is 4.88. The molecule has 1 aromatic heterocycles. The van der Waals surface area contributed by atoms with Crippen molar-refractivity contribution in [1.29, 1.82) is 0 Å². The van der Waals surface area contributed by atoms with Crippen LogP contribution in [0.2, 0.25) is 5.02 Å². The van der Waals surface area contributed by atoms with Crippen LogP contribution in [0.15, 0.2) is 28.3 Å². The topological polar surface area (TPSA) is 37.8 Å². The van der Waals surface area contributed by atoms with E-state index in [0.29, 0.717) is 0 Å². The molecule has 0 spiro atoms. The van der Waals surface area contributed by atoms with Gasteiger partial charge in [-0.1, -0.05) is 24.6 Å². The average molecular weight is 322 g/mol. The number of rotatable bonds is 5. The summed E-state index contributed by atoms with van der Waals surface area (Å²) in [4.78, 5) is 10.2. The molecule has 112 valence electrons. The van der Waals surface area contributed by atoms with Crippen LogP contribution in [0.1, 0.15) is 29.4 Å². The summed E-state index contributed by atoms with van der Waals surface area (Å²) in [7, 11) is 0. The minimum Gasteiger partial charge on any atom is -0.313 e. The average Bonchev–Trinajstić information content (AvgIpc) is 2.44. The summed E-state index contributed by atoms with van der Waals surface area (Å²) in [6.45, 7) is 9.84. The molecule has 0 saturated carbocycles. The third-order valence-corrected chi connectivity index (χ3v) is 4.76.